The first-order valence-corrected chi connectivity index (χ1v) is 6.27. The normalized spacial score (nSPS) is 18.6. The van der Waals surface area contributed by atoms with Crippen molar-refractivity contribution < 1.29 is 14.4 Å². The van der Waals surface area contributed by atoms with E-state index in [4.69, 9.17) is 0 Å². The lowest BCUT2D eigenvalue weighted by atomic mass is 9.81. The van der Waals surface area contributed by atoms with Gasteiger partial charge in [0, 0.05) is 18.4 Å². The third kappa shape index (κ3) is 2.57. The quantitative estimate of drug-likeness (QED) is 0.606. The maximum absolute atomic E-state index is 12.2. The SMILES string of the molecule is CC(=O)c1ccccc1N1C(=O)CC(C)(C)CC1=O. The second kappa shape index (κ2) is 4.61. The summed E-state index contributed by atoms with van der Waals surface area (Å²) in [5.41, 5.74) is 0.500. The molecule has 4 nitrogen and oxygen atoms in total. The Bertz CT molecular complexity index is 540. The molecule has 4 heteroatoms. The average Bonchev–Trinajstić information content (AvgIpc) is 2.26. The van der Waals surface area contributed by atoms with Gasteiger partial charge in [0.2, 0.25) is 11.8 Å². The molecule has 1 aromatic carbocycles. The molecule has 100 valence electrons. The zero-order valence-corrected chi connectivity index (χ0v) is 11.4. The first-order valence-electron chi connectivity index (χ1n) is 6.27. The molecule has 2 rings (SSSR count). The molecule has 1 saturated heterocycles. The molecule has 1 aliphatic rings. The Labute approximate surface area is 112 Å². The predicted octanol–water partition coefficient (Wildman–Crippen LogP) is 2.57. The van der Waals surface area contributed by atoms with Gasteiger partial charge in [-0.05, 0) is 24.5 Å². The number of hydrogen-bond donors (Lipinski definition) is 0. The van der Waals surface area contributed by atoms with Gasteiger partial charge in [-0.3, -0.25) is 14.4 Å². The Balaban J connectivity index is 2.45. The lowest BCUT2D eigenvalue weighted by molar-refractivity contribution is -0.132. The molecular weight excluding hydrogens is 242 g/mol. The van der Waals surface area contributed by atoms with Crippen molar-refractivity contribution in [3.63, 3.8) is 0 Å². The lowest BCUT2D eigenvalue weighted by Crippen LogP contribution is -2.46. The highest BCUT2D eigenvalue weighted by Crippen LogP contribution is 2.35. The molecular formula is C15H17NO3. The molecule has 1 aromatic rings. The van der Waals surface area contributed by atoms with Crippen molar-refractivity contribution in [3.05, 3.63) is 29.8 Å². The Morgan fingerprint density at radius 1 is 1.11 bits per heavy atom. The van der Waals surface area contributed by atoms with Gasteiger partial charge in [0.1, 0.15) is 0 Å². The van der Waals surface area contributed by atoms with Gasteiger partial charge in [-0.2, -0.15) is 0 Å². The van der Waals surface area contributed by atoms with Crippen LogP contribution in [0.2, 0.25) is 0 Å². The fourth-order valence-corrected chi connectivity index (χ4v) is 2.41. The van der Waals surface area contributed by atoms with E-state index in [-0.39, 0.29) is 23.0 Å². The molecule has 0 spiro atoms. The molecule has 1 fully saturated rings. The van der Waals surface area contributed by atoms with E-state index in [2.05, 4.69) is 0 Å². The number of benzene rings is 1. The van der Waals surface area contributed by atoms with Crippen LogP contribution in [0.5, 0.6) is 0 Å². The van der Waals surface area contributed by atoms with E-state index < -0.39 is 0 Å². The molecule has 0 unspecified atom stereocenters. The molecule has 19 heavy (non-hydrogen) atoms. The highest BCUT2D eigenvalue weighted by atomic mass is 16.2. The number of rotatable bonds is 2. The van der Waals surface area contributed by atoms with Crippen LogP contribution in [0.15, 0.2) is 24.3 Å². The minimum Gasteiger partial charge on any atom is -0.294 e. The van der Waals surface area contributed by atoms with Gasteiger partial charge >= 0.3 is 0 Å². The molecule has 0 atom stereocenters. The van der Waals surface area contributed by atoms with Crippen molar-refractivity contribution in [3.8, 4) is 0 Å². The fourth-order valence-electron chi connectivity index (χ4n) is 2.41. The highest BCUT2D eigenvalue weighted by molar-refractivity contribution is 6.19. The van der Waals surface area contributed by atoms with Crippen LogP contribution in [0.25, 0.3) is 0 Å². The summed E-state index contributed by atoms with van der Waals surface area (Å²) < 4.78 is 0. The molecule has 0 bridgehead atoms. The number of nitrogens with zero attached hydrogens (tertiary/aromatic N) is 1. The monoisotopic (exact) mass is 259 g/mol. The molecule has 0 aliphatic carbocycles. The Kier molecular flexibility index (Phi) is 3.27. The fraction of sp³-hybridized carbons (Fsp3) is 0.400. The van der Waals surface area contributed by atoms with Gasteiger partial charge in [-0.15, -0.1) is 0 Å². The van der Waals surface area contributed by atoms with E-state index >= 15 is 0 Å². The van der Waals surface area contributed by atoms with Gasteiger partial charge in [-0.1, -0.05) is 26.0 Å². The van der Waals surface area contributed by atoms with E-state index in [0.717, 1.165) is 4.90 Å². The van der Waals surface area contributed by atoms with Crippen LogP contribution in [0, 0.1) is 5.41 Å². The van der Waals surface area contributed by atoms with Gasteiger partial charge in [0.15, 0.2) is 5.78 Å². The number of anilines is 1. The molecule has 2 amide bonds. The minimum absolute atomic E-state index is 0.152. The van der Waals surface area contributed by atoms with Gasteiger partial charge < -0.3 is 0 Å². The maximum atomic E-state index is 12.2. The first kappa shape index (κ1) is 13.5. The van der Waals surface area contributed by atoms with E-state index in [9.17, 15) is 14.4 Å². The number of ketones is 1. The Morgan fingerprint density at radius 2 is 1.63 bits per heavy atom. The highest BCUT2D eigenvalue weighted by Gasteiger charge is 2.39. The summed E-state index contributed by atoms with van der Waals surface area (Å²) in [6, 6.07) is 6.73. The number of piperidine rings is 1. The summed E-state index contributed by atoms with van der Waals surface area (Å²) in [7, 11) is 0. The smallest absolute Gasteiger partial charge is 0.234 e. The second-order valence-electron chi connectivity index (χ2n) is 5.71. The Hall–Kier alpha value is -1.97. The molecule has 0 N–H and O–H groups in total. The van der Waals surface area contributed by atoms with Crippen molar-refractivity contribution >= 4 is 23.3 Å². The largest absolute Gasteiger partial charge is 0.294 e. The van der Waals surface area contributed by atoms with E-state index in [1.165, 1.54) is 6.92 Å². The lowest BCUT2D eigenvalue weighted by Gasteiger charge is -2.35. The van der Waals surface area contributed by atoms with Crippen LogP contribution in [-0.4, -0.2) is 17.6 Å². The maximum Gasteiger partial charge on any atom is 0.234 e. The van der Waals surface area contributed by atoms with E-state index in [1.807, 2.05) is 13.8 Å². The van der Waals surface area contributed by atoms with E-state index in [1.54, 1.807) is 24.3 Å². The summed E-state index contributed by atoms with van der Waals surface area (Å²) in [6.07, 6.45) is 0.621. The molecule has 0 radical (unpaired) electrons. The third-order valence-electron chi connectivity index (χ3n) is 3.28. The third-order valence-corrected chi connectivity index (χ3v) is 3.28. The summed E-state index contributed by atoms with van der Waals surface area (Å²) in [5.74, 6) is -0.633. The van der Waals surface area contributed by atoms with Crippen LogP contribution >= 0.6 is 0 Å². The molecule has 1 aliphatic heterocycles. The van der Waals surface area contributed by atoms with Crippen LogP contribution in [0.1, 0.15) is 44.0 Å². The number of carbonyl (C=O) groups excluding carboxylic acids is 3. The van der Waals surface area contributed by atoms with Gasteiger partial charge in [0.05, 0.1) is 5.69 Å². The van der Waals surface area contributed by atoms with Crippen molar-refractivity contribution in [2.24, 2.45) is 5.41 Å². The number of hydrogen-bond acceptors (Lipinski definition) is 3. The van der Waals surface area contributed by atoms with Crippen molar-refractivity contribution in [2.45, 2.75) is 33.6 Å². The topological polar surface area (TPSA) is 54.5 Å². The zero-order valence-electron chi connectivity index (χ0n) is 11.4. The number of para-hydroxylation sites is 1. The molecule has 0 saturated carbocycles. The number of imide groups is 1. The van der Waals surface area contributed by atoms with E-state index in [0.29, 0.717) is 24.1 Å². The van der Waals surface area contributed by atoms with Crippen molar-refractivity contribution in [2.75, 3.05) is 4.90 Å². The standard InChI is InChI=1S/C15H17NO3/c1-10(17)11-6-4-5-7-12(11)16-13(18)8-15(2,3)9-14(16)19/h4-7H,8-9H2,1-3H3. The van der Waals surface area contributed by atoms with Crippen molar-refractivity contribution in [1.29, 1.82) is 0 Å². The number of carbonyl (C=O) groups is 3. The summed E-state index contributed by atoms with van der Waals surface area (Å²) in [5, 5.41) is 0. The summed E-state index contributed by atoms with van der Waals surface area (Å²) in [6.45, 7) is 5.23. The zero-order chi connectivity index (χ0) is 14.2. The van der Waals surface area contributed by atoms with Crippen LogP contribution < -0.4 is 4.90 Å². The second-order valence-corrected chi connectivity index (χ2v) is 5.71. The average molecular weight is 259 g/mol. The predicted molar refractivity (Wildman–Crippen MR) is 72.0 cm³/mol. The molecule has 1 heterocycles. The van der Waals surface area contributed by atoms with Crippen LogP contribution in [-0.2, 0) is 9.59 Å². The van der Waals surface area contributed by atoms with Gasteiger partial charge in [-0.25, -0.2) is 4.90 Å². The summed E-state index contributed by atoms with van der Waals surface area (Å²) in [4.78, 5) is 37.1. The van der Waals surface area contributed by atoms with Crippen LogP contribution in [0.4, 0.5) is 5.69 Å². The van der Waals surface area contributed by atoms with Crippen molar-refractivity contribution in [1.82, 2.24) is 0 Å². The molecule has 0 aromatic heterocycles. The minimum atomic E-state index is -0.310. The summed E-state index contributed by atoms with van der Waals surface area (Å²) >= 11 is 0. The number of amides is 2. The first-order chi connectivity index (χ1) is 8.82. The van der Waals surface area contributed by atoms with Crippen LogP contribution in [0.3, 0.4) is 0 Å². The Morgan fingerprint density at radius 3 is 2.16 bits per heavy atom. The van der Waals surface area contributed by atoms with Gasteiger partial charge in [0.25, 0.3) is 0 Å². The number of Topliss-reactive ketones (excluding diaryl/α,β-unsaturated/α-hetero) is 1.